The number of sulfone groups is 1. The number of carbonyl (C=O) groups excluding carboxylic acids is 2. The number of para-hydroxylation sites is 1. The maximum absolute atomic E-state index is 12.8. The molecule has 0 radical (unpaired) electrons. The molecule has 0 bridgehead atoms. The number of rotatable bonds is 9. The Morgan fingerprint density at radius 1 is 0.917 bits per heavy atom. The van der Waals surface area contributed by atoms with Gasteiger partial charge in [0.15, 0.2) is 9.84 Å². The Bertz CT molecular complexity index is 1520. The third-order valence-electron chi connectivity index (χ3n) is 6.35. The number of hydrogen-bond acceptors (Lipinski definition) is 4. The van der Waals surface area contributed by atoms with Crippen LogP contribution in [0.25, 0.3) is 21.8 Å². The lowest BCUT2D eigenvalue weighted by molar-refractivity contribution is -0.121. The molecule has 0 aliphatic heterocycles. The second-order valence-electron chi connectivity index (χ2n) is 8.90. The second kappa shape index (κ2) is 10.5. The van der Waals surface area contributed by atoms with Crippen LogP contribution in [0.3, 0.4) is 0 Å². The molecule has 7 nitrogen and oxygen atoms in total. The minimum absolute atomic E-state index is 0.0337. The van der Waals surface area contributed by atoms with E-state index in [0.29, 0.717) is 5.56 Å². The highest BCUT2D eigenvalue weighted by molar-refractivity contribution is 7.91. The zero-order chi connectivity index (χ0) is 25.9. The van der Waals surface area contributed by atoms with E-state index in [9.17, 15) is 18.0 Å². The molecule has 4 aromatic rings. The van der Waals surface area contributed by atoms with Gasteiger partial charge in [-0.1, -0.05) is 37.3 Å². The molecule has 3 aromatic carbocycles. The van der Waals surface area contributed by atoms with Crippen molar-refractivity contribution in [2.75, 3.05) is 12.3 Å². The first kappa shape index (κ1) is 25.4. The van der Waals surface area contributed by atoms with Gasteiger partial charge < -0.3 is 15.2 Å². The summed E-state index contributed by atoms with van der Waals surface area (Å²) in [5.41, 5.74) is 3.53. The largest absolute Gasteiger partial charge is 0.352 e. The van der Waals surface area contributed by atoms with Crippen molar-refractivity contribution in [3.05, 3.63) is 77.9 Å². The fourth-order valence-corrected chi connectivity index (χ4v) is 5.31. The lowest BCUT2D eigenvalue weighted by Crippen LogP contribution is -2.42. The van der Waals surface area contributed by atoms with E-state index < -0.39 is 9.84 Å². The van der Waals surface area contributed by atoms with Crippen LogP contribution in [-0.4, -0.2) is 43.1 Å². The standard InChI is InChI=1S/C28H31N3O4S/c1-4-31-25-9-7-6-8-23(25)24-17-21(12-15-26(24)31)28(33)29-18-19(3)30-27(32)16-20-10-13-22(14-11-20)36(34,35)5-2/h6-15,17,19H,4-5,16,18H2,1-3H3,(H,29,33)(H,30,32). The normalized spacial score (nSPS) is 12.5. The fourth-order valence-electron chi connectivity index (χ4n) is 4.43. The summed E-state index contributed by atoms with van der Waals surface area (Å²) in [4.78, 5) is 25.5. The van der Waals surface area contributed by atoms with Crippen molar-refractivity contribution in [1.82, 2.24) is 15.2 Å². The van der Waals surface area contributed by atoms with Crippen molar-refractivity contribution in [1.29, 1.82) is 0 Å². The van der Waals surface area contributed by atoms with Gasteiger partial charge in [0.2, 0.25) is 5.91 Å². The predicted molar refractivity (Wildman–Crippen MR) is 143 cm³/mol. The van der Waals surface area contributed by atoms with E-state index in [2.05, 4.69) is 34.3 Å². The molecule has 0 aliphatic carbocycles. The molecule has 2 N–H and O–H groups in total. The Morgan fingerprint density at radius 2 is 1.61 bits per heavy atom. The molecule has 36 heavy (non-hydrogen) atoms. The Morgan fingerprint density at radius 3 is 2.31 bits per heavy atom. The molecule has 0 saturated heterocycles. The molecule has 0 fully saturated rings. The lowest BCUT2D eigenvalue weighted by atomic mass is 10.1. The van der Waals surface area contributed by atoms with E-state index in [0.717, 1.165) is 33.9 Å². The van der Waals surface area contributed by atoms with Gasteiger partial charge in [-0.15, -0.1) is 0 Å². The van der Waals surface area contributed by atoms with Gasteiger partial charge in [0, 0.05) is 46.5 Å². The highest BCUT2D eigenvalue weighted by atomic mass is 32.2. The van der Waals surface area contributed by atoms with Gasteiger partial charge in [-0.3, -0.25) is 9.59 Å². The summed E-state index contributed by atoms with van der Waals surface area (Å²) >= 11 is 0. The van der Waals surface area contributed by atoms with Crippen LogP contribution in [0.5, 0.6) is 0 Å². The van der Waals surface area contributed by atoms with Crippen LogP contribution in [-0.2, 0) is 27.6 Å². The van der Waals surface area contributed by atoms with Crippen molar-refractivity contribution in [3.8, 4) is 0 Å². The van der Waals surface area contributed by atoms with Crippen molar-refractivity contribution < 1.29 is 18.0 Å². The molecule has 0 spiro atoms. The van der Waals surface area contributed by atoms with Crippen molar-refractivity contribution in [2.24, 2.45) is 0 Å². The maximum atomic E-state index is 12.8. The van der Waals surface area contributed by atoms with Crippen LogP contribution < -0.4 is 10.6 Å². The SMILES string of the molecule is CCn1c2ccccc2c2cc(C(=O)NCC(C)NC(=O)Cc3ccc(S(=O)(=O)CC)cc3)ccc21. The Kier molecular flexibility index (Phi) is 7.45. The van der Waals surface area contributed by atoms with Crippen molar-refractivity contribution >= 4 is 43.5 Å². The molecule has 4 rings (SSSR count). The smallest absolute Gasteiger partial charge is 0.251 e. The van der Waals surface area contributed by atoms with Crippen LogP contribution in [0.1, 0.15) is 36.7 Å². The maximum Gasteiger partial charge on any atom is 0.251 e. The number of hydrogen-bond donors (Lipinski definition) is 2. The molecule has 1 atom stereocenters. The minimum Gasteiger partial charge on any atom is -0.352 e. The van der Waals surface area contributed by atoms with Gasteiger partial charge >= 0.3 is 0 Å². The van der Waals surface area contributed by atoms with Crippen LogP contribution in [0.2, 0.25) is 0 Å². The lowest BCUT2D eigenvalue weighted by Gasteiger charge is -2.15. The molecule has 188 valence electrons. The number of amides is 2. The number of carbonyl (C=O) groups is 2. The number of nitrogens with zero attached hydrogens (tertiary/aromatic N) is 1. The topological polar surface area (TPSA) is 97.3 Å². The molecular weight excluding hydrogens is 474 g/mol. The molecule has 1 heterocycles. The van der Waals surface area contributed by atoms with Gasteiger partial charge in [-0.25, -0.2) is 8.42 Å². The quantitative estimate of drug-likeness (QED) is 0.358. The molecular formula is C28H31N3O4S. The third-order valence-corrected chi connectivity index (χ3v) is 8.10. The van der Waals surface area contributed by atoms with Crippen LogP contribution >= 0.6 is 0 Å². The van der Waals surface area contributed by atoms with E-state index in [4.69, 9.17) is 0 Å². The zero-order valence-electron chi connectivity index (χ0n) is 20.7. The number of aromatic nitrogens is 1. The Hall–Kier alpha value is -3.65. The molecule has 1 aromatic heterocycles. The van der Waals surface area contributed by atoms with E-state index in [1.165, 1.54) is 12.1 Å². The van der Waals surface area contributed by atoms with Crippen molar-refractivity contribution in [2.45, 2.75) is 44.7 Å². The van der Waals surface area contributed by atoms with Crippen LogP contribution in [0.15, 0.2) is 71.6 Å². The van der Waals surface area contributed by atoms with Crippen LogP contribution in [0.4, 0.5) is 0 Å². The van der Waals surface area contributed by atoms with E-state index >= 15 is 0 Å². The first-order valence-electron chi connectivity index (χ1n) is 12.1. The van der Waals surface area contributed by atoms with Gasteiger partial charge in [0.1, 0.15) is 0 Å². The van der Waals surface area contributed by atoms with E-state index in [-0.39, 0.29) is 41.5 Å². The zero-order valence-corrected chi connectivity index (χ0v) is 21.6. The molecule has 1 unspecified atom stereocenters. The average Bonchev–Trinajstić information content (AvgIpc) is 3.20. The first-order valence-corrected chi connectivity index (χ1v) is 13.8. The summed E-state index contributed by atoms with van der Waals surface area (Å²) in [5.74, 6) is -0.359. The molecule has 8 heteroatoms. The highest BCUT2D eigenvalue weighted by Gasteiger charge is 2.15. The van der Waals surface area contributed by atoms with Gasteiger partial charge in [0.25, 0.3) is 5.91 Å². The fraction of sp³-hybridized carbons (Fsp3) is 0.286. The van der Waals surface area contributed by atoms with Crippen molar-refractivity contribution in [3.63, 3.8) is 0 Å². The third kappa shape index (κ3) is 5.28. The summed E-state index contributed by atoms with van der Waals surface area (Å²) in [6.45, 7) is 6.66. The molecule has 0 saturated carbocycles. The summed E-state index contributed by atoms with van der Waals surface area (Å²) in [6, 6.07) is 20.0. The minimum atomic E-state index is -3.27. The average molecular weight is 506 g/mol. The molecule has 0 aliphatic rings. The summed E-state index contributed by atoms with van der Waals surface area (Å²) in [6.07, 6.45) is 0.128. The van der Waals surface area contributed by atoms with E-state index in [1.54, 1.807) is 19.1 Å². The summed E-state index contributed by atoms with van der Waals surface area (Å²) < 4.78 is 26.1. The Balaban J connectivity index is 1.35. The van der Waals surface area contributed by atoms with Gasteiger partial charge in [-0.05, 0) is 55.8 Å². The number of fused-ring (bicyclic) bond motifs is 3. The number of benzene rings is 3. The van der Waals surface area contributed by atoms with Gasteiger partial charge in [0.05, 0.1) is 17.1 Å². The monoisotopic (exact) mass is 505 g/mol. The second-order valence-corrected chi connectivity index (χ2v) is 11.2. The highest BCUT2D eigenvalue weighted by Crippen LogP contribution is 2.29. The van der Waals surface area contributed by atoms with Gasteiger partial charge in [-0.2, -0.15) is 0 Å². The molecule has 2 amide bonds. The number of nitrogens with one attached hydrogen (secondary N) is 2. The summed E-state index contributed by atoms with van der Waals surface area (Å²) in [5, 5.41) is 7.94. The van der Waals surface area contributed by atoms with E-state index in [1.807, 2.05) is 37.3 Å². The Labute approximate surface area is 211 Å². The van der Waals surface area contributed by atoms with Crippen LogP contribution in [0, 0.1) is 0 Å². The number of aryl methyl sites for hydroxylation is 1. The predicted octanol–water partition coefficient (Wildman–Crippen LogP) is 4.09. The first-order chi connectivity index (χ1) is 17.2. The summed E-state index contributed by atoms with van der Waals surface area (Å²) in [7, 11) is -3.27.